The van der Waals surface area contributed by atoms with Crippen molar-refractivity contribution in [3.63, 3.8) is 0 Å². The van der Waals surface area contributed by atoms with Gasteiger partial charge in [-0.3, -0.25) is 4.79 Å². The van der Waals surface area contributed by atoms with Crippen LogP contribution in [0, 0.1) is 0 Å². The average molecular weight is 564 g/mol. The van der Waals surface area contributed by atoms with E-state index in [0.717, 1.165) is 22.3 Å². The molecule has 3 aromatic carbocycles. The SMILES string of the molecule is COc1c(NC(=O)c2ccc(NCC(F)(F)F)cc2)cc(-c2cccnc2OCc2ccccc2)cc1C(C)(C)C. The molecule has 9 heteroatoms. The van der Waals surface area contributed by atoms with E-state index < -0.39 is 18.6 Å². The molecule has 0 aliphatic carbocycles. The standard InChI is InChI=1S/C32H32F3N3O3/c1-31(2,3)26-17-23(25-11-8-16-36-30(25)41-19-21-9-6-5-7-10-21)18-27(28(26)40-4)38-29(39)22-12-14-24(15-13-22)37-20-32(33,34)35/h5-18,37H,19-20H2,1-4H3,(H,38,39). The third-order valence-corrected chi connectivity index (χ3v) is 6.29. The number of rotatable bonds is 9. The largest absolute Gasteiger partial charge is 0.494 e. The average Bonchev–Trinajstić information content (AvgIpc) is 2.94. The molecule has 0 radical (unpaired) electrons. The Bertz CT molecular complexity index is 1480. The van der Waals surface area contributed by atoms with Gasteiger partial charge in [0.05, 0.1) is 12.8 Å². The number of aromatic nitrogens is 1. The maximum Gasteiger partial charge on any atom is 0.405 e. The Hall–Kier alpha value is -4.53. The van der Waals surface area contributed by atoms with Crippen LogP contribution < -0.4 is 20.1 Å². The molecule has 4 rings (SSSR count). The second kappa shape index (κ2) is 12.3. The van der Waals surface area contributed by atoms with Crippen LogP contribution in [0.3, 0.4) is 0 Å². The van der Waals surface area contributed by atoms with Gasteiger partial charge in [-0.1, -0.05) is 51.1 Å². The van der Waals surface area contributed by atoms with Gasteiger partial charge in [-0.2, -0.15) is 13.2 Å². The van der Waals surface area contributed by atoms with E-state index in [9.17, 15) is 18.0 Å². The number of hydrogen-bond acceptors (Lipinski definition) is 5. The van der Waals surface area contributed by atoms with Gasteiger partial charge in [0.25, 0.3) is 5.91 Å². The normalized spacial score (nSPS) is 11.6. The van der Waals surface area contributed by atoms with E-state index in [1.807, 2.05) is 69.3 Å². The van der Waals surface area contributed by atoms with Crippen molar-refractivity contribution in [2.24, 2.45) is 0 Å². The molecule has 0 spiro atoms. The third-order valence-electron chi connectivity index (χ3n) is 6.29. The Kier molecular flexibility index (Phi) is 8.86. The number of methoxy groups -OCH3 is 1. The van der Waals surface area contributed by atoms with Crippen LogP contribution in [0.1, 0.15) is 42.3 Å². The maximum atomic E-state index is 13.2. The lowest BCUT2D eigenvalue weighted by Crippen LogP contribution is -2.21. The fourth-order valence-electron chi connectivity index (χ4n) is 4.24. The monoisotopic (exact) mass is 563 g/mol. The number of anilines is 2. The number of carbonyl (C=O) groups is 1. The number of benzene rings is 3. The summed E-state index contributed by atoms with van der Waals surface area (Å²) in [6.07, 6.45) is -2.68. The number of amides is 1. The van der Waals surface area contributed by atoms with E-state index in [1.165, 1.54) is 24.3 Å². The van der Waals surface area contributed by atoms with E-state index >= 15 is 0 Å². The Morgan fingerprint density at radius 2 is 1.63 bits per heavy atom. The smallest absolute Gasteiger partial charge is 0.405 e. The highest BCUT2D eigenvalue weighted by molar-refractivity contribution is 6.05. The van der Waals surface area contributed by atoms with Gasteiger partial charge < -0.3 is 20.1 Å². The molecule has 1 amide bonds. The number of ether oxygens (including phenoxy) is 2. The molecule has 1 heterocycles. The van der Waals surface area contributed by atoms with Crippen molar-refractivity contribution in [1.29, 1.82) is 0 Å². The molecule has 4 aromatic rings. The van der Waals surface area contributed by atoms with Crippen LogP contribution in [0.15, 0.2) is 85.1 Å². The van der Waals surface area contributed by atoms with Crippen LogP contribution in [0.5, 0.6) is 11.6 Å². The summed E-state index contributed by atoms with van der Waals surface area (Å²) < 4.78 is 49.5. The Morgan fingerprint density at radius 1 is 0.927 bits per heavy atom. The van der Waals surface area contributed by atoms with Crippen LogP contribution in [-0.2, 0) is 12.0 Å². The first-order chi connectivity index (χ1) is 19.4. The molecule has 41 heavy (non-hydrogen) atoms. The molecular weight excluding hydrogens is 531 g/mol. The Balaban J connectivity index is 1.66. The molecule has 6 nitrogen and oxygen atoms in total. The molecular formula is C32H32F3N3O3. The summed E-state index contributed by atoms with van der Waals surface area (Å²) >= 11 is 0. The minimum absolute atomic E-state index is 0.257. The highest BCUT2D eigenvalue weighted by Crippen LogP contribution is 2.42. The number of pyridine rings is 1. The first-order valence-corrected chi connectivity index (χ1v) is 13.0. The summed E-state index contributed by atoms with van der Waals surface area (Å²) in [5, 5.41) is 5.23. The predicted molar refractivity (Wildman–Crippen MR) is 155 cm³/mol. The molecule has 2 N–H and O–H groups in total. The topological polar surface area (TPSA) is 72.5 Å². The molecule has 0 atom stereocenters. The van der Waals surface area contributed by atoms with E-state index in [2.05, 4.69) is 15.6 Å². The Morgan fingerprint density at radius 3 is 2.27 bits per heavy atom. The van der Waals surface area contributed by atoms with Gasteiger partial charge in [0.2, 0.25) is 5.88 Å². The Labute approximate surface area is 237 Å². The van der Waals surface area contributed by atoms with Gasteiger partial charge >= 0.3 is 6.18 Å². The lowest BCUT2D eigenvalue weighted by atomic mass is 9.84. The molecule has 0 aliphatic heterocycles. The highest BCUT2D eigenvalue weighted by Gasteiger charge is 2.27. The molecule has 0 fully saturated rings. The van der Waals surface area contributed by atoms with Crippen molar-refractivity contribution < 1.29 is 27.4 Å². The zero-order valence-corrected chi connectivity index (χ0v) is 23.3. The van der Waals surface area contributed by atoms with Crippen molar-refractivity contribution in [1.82, 2.24) is 4.98 Å². The van der Waals surface area contributed by atoms with E-state index in [1.54, 1.807) is 19.4 Å². The van der Waals surface area contributed by atoms with Gasteiger partial charge in [0.1, 0.15) is 18.9 Å². The van der Waals surface area contributed by atoms with Gasteiger partial charge in [-0.25, -0.2) is 4.98 Å². The molecule has 0 unspecified atom stereocenters. The van der Waals surface area contributed by atoms with Crippen LogP contribution in [0.25, 0.3) is 11.1 Å². The fourth-order valence-corrected chi connectivity index (χ4v) is 4.24. The molecule has 1 aromatic heterocycles. The van der Waals surface area contributed by atoms with Crippen LogP contribution in [0.4, 0.5) is 24.5 Å². The molecule has 0 saturated heterocycles. The quantitative estimate of drug-likeness (QED) is 0.217. The van der Waals surface area contributed by atoms with Crippen LogP contribution in [-0.4, -0.2) is 30.7 Å². The fraction of sp³-hybridized carbons (Fsp3) is 0.250. The van der Waals surface area contributed by atoms with Gasteiger partial charge in [-0.15, -0.1) is 0 Å². The lowest BCUT2D eigenvalue weighted by Gasteiger charge is -2.26. The molecule has 0 aliphatic rings. The van der Waals surface area contributed by atoms with Crippen molar-refractivity contribution in [3.8, 4) is 22.8 Å². The number of nitrogens with zero attached hydrogens (tertiary/aromatic N) is 1. The van der Waals surface area contributed by atoms with Crippen molar-refractivity contribution >= 4 is 17.3 Å². The number of nitrogens with one attached hydrogen (secondary N) is 2. The van der Waals surface area contributed by atoms with Crippen molar-refractivity contribution in [2.75, 3.05) is 24.3 Å². The summed E-state index contributed by atoms with van der Waals surface area (Å²) in [4.78, 5) is 17.7. The third kappa shape index (κ3) is 7.78. The molecule has 0 saturated carbocycles. The zero-order valence-electron chi connectivity index (χ0n) is 23.3. The van der Waals surface area contributed by atoms with Crippen molar-refractivity contribution in [3.05, 3.63) is 102 Å². The van der Waals surface area contributed by atoms with Gasteiger partial charge in [-0.05, 0) is 65.1 Å². The van der Waals surface area contributed by atoms with Crippen LogP contribution >= 0.6 is 0 Å². The van der Waals surface area contributed by atoms with Crippen LogP contribution in [0.2, 0.25) is 0 Å². The predicted octanol–water partition coefficient (Wildman–Crippen LogP) is 7.86. The van der Waals surface area contributed by atoms with Gasteiger partial charge in [0, 0.05) is 28.6 Å². The maximum absolute atomic E-state index is 13.2. The van der Waals surface area contributed by atoms with E-state index in [4.69, 9.17) is 9.47 Å². The summed E-state index contributed by atoms with van der Waals surface area (Å²) in [7, 11) is 1.54. The minimum atomic E-state index is -4.34. The van der Waals surface area contributed by atoms with E-state index in [-0.39, 0.29) is 16.7 Å². The number of alkyl halides is 3. The van der Waals surface area contributed by atoms with Gasteiger partial charge in [0.15, 0.2) is 0 Å². The number of carbonyl (C=O) groups excluding carboxylic acids is 1. The summed E-state index contributed by atoms with van der Waals surface area (Å²) in [5.41, 5.74) is 4.01. The lowest BCUT2D eigenvalue weighted by molar-refractivity contribution is -0.115. The number of halogens is 3. The number of hydrogen-bond donors (Lipinski definition) is 2. The minimum Gasteiger partial charge on any atom is -0.494 e. The first kappa shape index (κ1) is 29.5. The molecule has 214 valence electrons. The summed E-state index contributed by atoms with van der Waals surface area (Å²) in [6.45, 7) is 5.31. The highest BCUT2D eigenvalue weighted by atomic mass is 19.4. The van der Waals surface area contributed by atoms with E-state index in [0.29, 0.717) is 23.9 Å². The first-order valence-electron chi connectivity index (χ1n) is 13.0. The second-order valence-corrected chi connectivity index (χ2v) is 10.5. The zero-order chi connectivity index (χ0) is 29.6. The molecule has 0 bridgehead atoms. The van der Waals surface area contributed by atoms with Crippen molar-refractivity contribution in [2.45, 2.75) is 39.0 Å². The summed E-state index contributed by atoms with van der Waals surface area (Å²) in [5.74, 6) is 0.517. The summed E-state index contributed by atoms with van der Waals surface area (Å²) in [6, 6.07) is 23.1. The second-order valence-electron chi connectivity index (χ2n) is 10.5.